The van der Waals surface area contributed by atoms with Crippen molar-refractivity contribution in [3.05, 3.63) is 0 Å². The van der Waals surface area contributed by atoms with E-state index < -0.39 is 10.8 Å². The molecular weight excluding hydrogens is 156 g/mol. The monoisotopic (exact) mass is 176 g/mol. The quantitative estimate of drug-likeness (QED) is 0.643. The highest BCUT2D eigenvalue weighted by Crippen LogP contribution is 2.24. The minimum Gasteiger partial charge on any atom is -0.259 e. The predicted molar refractivity (Wildman–Crippen MR) is 52.3 cm³/mol. The van der Waals surface area contributed by atoms with Crippen molar-refractivity contribution in [2.45, 2.75) is 57.5 Å². The first-order valence-corrected chi connectivity index (χ1v) is 5.60. The largest absolute Gasteiger partial charge is 0.259 e. The van der Waals surface area contributed by atoms with E-state index in [0.29, 0.717) is 5.25 Å². The van der Waals surface area contributed by atoms with Gasteiger partial charge in [0, 0.05) is 20.8 Å². The Morgan fingerprint density at radius 1 is 1.27 bits per heavy atom. The Morgan fingerprint density at radius 2 is 1.64 bits per heavy atom. The van der Waals surface area contributed by atoms with Crippen LogP contribution in [0.25, 0.3) is 0 Å². The maximum atomic E-state index is 11.7. The summed E-state index contributed by atoms with van der Waals surface area (Å²) in [6.07, 6.45) is 2.02. The molecule has 0 saturated carbocycles. The molecular formula is C9H20OS. The van der Waals surface area contributed by atoms with Crippen LogP contribution in [0.2, 0.25) is 0 Å². The molecule has 11 heavy (non-hydrogen) atoms. The Morgan fingerprint density at radius 3 is 1.73 bits per heavy atom. The van der Waals surface area contributed by atoms with E-state index in [1.165, 1.54) is 0 Å². The second-order valence-electron chi connectivity index (χ2n) is 3.50. The highest BCUT2D eigenvalue weighted by Gasteiger charge is 2.28. The van der Waals surface area contributed by atoms with Gasteiger partial charge in [-0.2, -0.15) is 0 Å². The first kappa shape index (κ1) is 11.2. The smallest absolute Gasteiger partial charge is 0.0428 e. The molecule has 1 atom stereocenters. The maximum Gasteiger partial charge on any atom is 0.0428 e. The molecule has 0 aromatic heterocycles. The Kier molecular flexibility index (Phi) is 4.30. The van der Waals surface area contributed by atoms with E-state index in [1.807, 2.05) is 13.8 Å². The molecule has 0 radical (unpaired) electrons. The van der Waals surface area contributed by atoms with Crippen LogP contribution in [0, 0.1) is 0 Å². The Balaban J connectivity index is 4.37. The van der Waals surface area contributed by atoms with E-state index in [-0.39, 0.29) is 4.75 Å². The van der Waals surface area contributed by atoms with Crippen molar-refractivity contribution in [3.63, 3.8) is 0 Å². The maximum absolute atomic E-state index is 11.7. The molecule has 0 aliphatic heterocycles. The molecule has 0 aliphatic carbocycles. The van der Waals surface area contributed by atoms with E-state index in [2.05, 4.69) is 20.8 Å². The molecule has 0 bridgehead atoms. The van der Waals surface area contributed by atoms with Crippen molar-refractivity contribution in [2.75, 3.05) is 0 Å². The lowest BCUT2D eigenvalue weighted by Crippen LogP contribution is -2.33. The van der Waals surface area contributed by atoms with Gasteiger partial charge in [0.05, 0.1) is 0 Å². The average Bonchev–Trinajstić information content (AvgIpc) is 2.01. The number of hydrogen-bond acceptors (Lipinski definition) is 1. The van der Waals surface area contributed by atoms with Gasteiger partial charge in [-0.15, -0.1) is 0 Å². The van der Waals surface area contributed by atoms with Crippen LogP contribution in [-0.2, 0) is 10.8 Å². The summed E-state index contributed by atoms with van der Waals surface area (Å²) < 4.78 is 11.8. The molecule has 2 heteroatoms. The van der Waals surface area contributed by atoms with E-state index >= 15 is 0 Å². The third kappa shape index (κ3) is 2.58. The van der Waals surface area contributed by atoms with Crippen molar-refractivity contribution < 1.29 is 4.21 Å². The SMILES string of the molecule is CCC(C)(CC)S(=O)C(C)C. The summed E-state index contributed by atoms with van der Waals surface area (Å²) in [5, 5.41) is 0.292. The molecule has 0 N–H and O–H groups in total. The van der Waals surface area contributed by atoms with Gasteiger partial charge < -0.3 is 0 Å². The minimum atomic E-state index is -0.675. The molecule has 1 nitrogen and oxygen atoms in total. The first-order chi connectivity index (χ1) is 4.98. The summed E-state index contributed by atoms with van der Waals surface area (Å²) in [5.74, 6) is 0. The zero-order valence-corrected chi connectivity index (χ0v) is 9.12. The van der Waals surface area contributed by atoms with Gasteiger partial charge in [-0.05, 0) is 19.8 Å². The standard InChI is InChI=1S/C9H20OS/c1-6-9(5,7-2)11(10)8(3)4/h8H,6-7H2,1-5H3. The summed E-state index contributed by atoms with van der Waals surface area (Å²) in [6, 6.07) is 0. The summed E-state index contributed by atoms with van der Waals surface area (Å²) >= 11 is 0. The van der Waals surface area contributed by atoms with Crippen LogP contribution in [0.1, 0.15) is 47.5 Å². The normalized spacial score (nSPS) is 15.5. The van der Waals surface area contributed by atoms with Gasteiger partial charge in [0.15, 0.2) is 0 Å². The zero-order chi connectivity index (χ0) is 9.07. The van der Waals surface area contributed by atoms with Crippen LogP contribution < -0.4 is 0 Å². The Bertz CT molecular complexity index is 136. The third-order valence-electron chi connectivity index (χ3n) is 2.41. The molecule has 0 aliphatic rings. The summed E-state index contributed by atoms with van der Waals surface area (Å²) in [5.41, 5.74) is 0. The van der Waals surface area contributed by atoms with Gasteiger partial charge in [-0.1, -0.05) is 27.7 Å². The summed E-state index contributed by atoms with van der Waals surface area (Å²) in [4.78, 5) is 0. The molecule has 0 aromatic rings. The van der Waals surface area contributed by atoms with E-state index in [9.17, 15) is 4.21 Å². The van der Waals surface area contributed by atoms with Gasteiger partial charge in [-0.3, -0.25) is 4.21 Å². The number of rotatable bonds is 4. The van der Waals surface area contributed by atoms with Crippen LogP contribution in [0.3, 0.4) is 0 Å². The van der Waals surface area contributed by atoms with Gasteiger partial charge in [0.25, 0.3) is 0 Å². The topological polar surface area (TPSA) is 17.1 Å². The van der Waals surface area contributed by atoms with Crippen LogP contribution in [0.4, 0.5) is 0 Å². The van der Waals surface area contributed by atoms with Gasteiger partial charge in [0.2, 0.25) is 0 Å². The van der Waals surface area contributed by atoms with Crippen LogP contribution >= 0.6 is 0 Å². The lowest BCUT2D eigenvalue weighted by Gasteiger charge is -2.27. The van der Waals surface area contributed by atoms with Crippen molar-refractivity contribution >= 4 is 10.8 Å². The van der Waals surface area contributed by atoms with Crippen molar-refractivity contribution in [1.82, 2.24) is 0 Å². The fourth-order valence-electron chi connectivity index (χ4n) is 1.10. The highest BCUT2D eigenvalue weighted by molar-refractivity contribution is 7.87. The summed E-state index contributed by atoms with van der Waals surface area (Å²) in [6.45, 7) is 10.4. The minimum absolute atomic E-state index is 0.0359. The number of hydrogen-bond donors (Lipinski definition) is 0. The molecule has 1 unspecified atom stereocenters. The Labute approximate surface area is 73.0 Å². The lowest BCUT2D eigenvalue weighted by atomic mass is 10.1. The van der Waals surface area contributed by atoms with Crippen LogP contribution in [0.5, 0.6) is 0 Å². The fraction of sp³-hybridized carbons (Fsp3) is 1.00. The molecule has 0 aromatic carbocycles. The lowest BCUT2D eigenvalue weighted by molar-refractivity contribution is 0.555. The van der Waals surface area contributed by atoms with Crippen molar-refractivity contribution in [2.24, 2.45) is 0 Å². The van der Waals surface area contributed by atoms with Crippen molar-refractivity contribution in [3.8, 4) is 0 Å². The first-order valence-electron chi connectivity index (χ1n) is 4.38. The molecule has 0 spiro atoms. The van der Waals surface area contributed by atoms with Crippen LogP contribution in [0.15, 0.2) is 0 Å². The predicted octanol–water partition coefficient (Wildman–Crippen LogP) is 2.72. The van der Waals surface area contributed by atoms with Crippen LogP contribution in [-0.4, -0.2) is 14.2 Å². The van der Waals surface area contributed by atoms with Crippen molar-refractivity contribution in [1.29, 1.82) is 0 Å². The van der Waals surface area contributed by atoms with Gasteiger partial charge in [0.1, 0.15) is 0 Å². The van der Waals surface area contributed by atoms with Gasteiger partial charge in [-0.25, -0.2) is 0 Å². The second kappa shape index (κ2) is 4.24. The van der Waals surface area contributed by atoms with E-state index in [1.54, 1.807) is 0 Å². The summed E-state index contributed by atoms with van der Waals surface area (Å²) in [7, 11) is -0.675. The van der Waals surface area contributed by atoms with Gasteiger partial charge >= 0.3 is 0 Å². The average molecular weight is 176 g/mol. The van der Waals surface area contributed by atoms with E-state index in [0.717, 1.165) is 12.8 Å². The second-order valence-corrected chi connectivity index (χ2v) is 6.03. The molecule has 0 rings (SSSR count). The fourth-order valence-corrected chi connectivity index (χ4v) is 2.81. The molecule has 0 amide bonds. The highest BCUT2D eigenvalue weighted by atomic mass is 32.2. The molecule has 0 heterocycles. The molecule has 68 valence electrons. The molecule has 0 fully saturated rings. The van der Waals surface area contributed by atoms with E-state index in [4.69, 9.17) is 0 Å². The zero-order valence-electron chi connectivity index (χ0n) is 8.31. The Hall–Kier alpha value is 0.150. The molecule has 0 saturated heterocycles. The third-order valence-corrected chi connectivity index (χ3v) is 4.81.